The van der Waals surface area contributed by atoms with E-state index in [-0.39, 0.29) is 6.04 Å². The minimum atomic E-state index is 0.181. The number of nitrogens with two attached hydrogens (primary N) is 1. The molecular weight excluding hydrogens is 232 g/mol. The van der Waals surface area contributed by atoms with Crippen LogP contribution in [0.5, 0.6) is 0 Å². The molecule has 19 heavy (non-hydrogen) atoms. The number of benzene rings is 1. The van der Waals surface area contributed by atoms with E-state index in [1.807, 2.05) is 0 Å². The summed E-state index contributed by atoms with van der Waals surface area (Å²) in [5.41, 5.74) is 7.64. The lowest BCUT2D eigenvalue weighted by Crippen LogP contribution is -2.40. The van der Waals surface area contributed by atoms with Crippen molar-refractivity contribution in [3.63, 3.8) is 0 Å². The highest BCUT2D eigenvalue weighted by atomic mass is 15.2. The summed E-state index contributed by atoms with van der Waals surface area (Å²) in [4.78, 5) is 2.61. The van der Waals surface area contributed by atoms with Gasteiger partial charge in [-0.1, -0.05) is 43.7 Å². The van der Waals surface area contributed by atoms with Crippen LogP contribution in [0.3, 0.4) is 0 Å². The Hall–Kier alpha value is -0.860. The highest BCUT2D eigenvalue weighted by Gasteiger charge is 2.26. The van der Waals surface area contributed by atoms with Gasteiger partial charge in [-0.2, -0.15) is 0 Å². The van der Waals surface area contributed by atoms with Crippen LogP contribution in [0.15, 0.2) is 30.3 Å². The minimum Gasteiger partial charge on any atom is -0.326 e. The minimum absolute atomic E-state index is 0.181. The summed E-state index contributed by atoms with van der Waals surface area (Å²) in [5.74, 6) is 0.912. The fraction of sp³-hybridized carbons (Fsp3) is 0.647. The van der Waals surface area contributed by atoms with E-state index in [0.29, 0.717) is 6.04 Å². The summed E-state index contributed by atoms with van der Waals surface area (Å²) in [6.07, 6.45) is 5.34. The van der Waals surface area contributed by atoms with Gasteiger partial charge in [0.15, 0.2) is 0 Å². The van der Waals surface area contributed by atoms with Gasteiger partial charge in [0.1, 0.15) is 0 Å². The Morgan fingerprint density at radius 1 is 1.21 bits per heavy atom. The van der Waals surface area contributed by atoms with Crippen LogP contribution < -0.4 is 5.73 Å². The van der Waals surface area contributed by atoms with Crippen molar-refractivity contribution in [2.24, 2.45) is 11.7 Å². The van der Waals surface area contributed by atoms with E-state index in [0.717, 1.165) is 5.92 Å². The highest BCUT2D eigenvalue weighted by molar-refractivity contribution is 5.20. The zero-order valence-corrected chi connectivity index (χ0v) is 12.4. The molecule has 0 bridgehead atoms. The maximum Gasteiger partial charge on any atom is 0.0496 e. The topological polar surface area (TPSA) is 29.3 Å². The Labute approximate surface area is 118 Å². The second-order valence-corrected chi connectivity index (χ2v) is 5.96. The first-order valence-corrected chi connectivity index (χ1v) is 7.77. The predicted molar refractivity (Wildman–Crippen MR) is 82.0 cm³/mol. The molecule has 3 unspecified atom stereocenters. The van der Waals surface area contributed by atoms with Crippen molar-refractivity contribution in [2.75, 3.05) is 13.1 Å². The summed E-state index contributed by atoms with van der Waals surface area (Å²) in [5, 5.41) is 0. The lowest BCUT2D eigenvalue weighted by Gasteiger charge is -2.34. The Kier molecular flexibility index (Phi) is 5.41. The SMILES string of the molecule is CCC1CCCN(C(c2ccccc2)C(C)N)CC1. The van der Waals surface area contributed by atoms with Crippen molar-refractivity contribution in [1.29, 1.82) is 0 Å². The highest BCUT2D eigenvalue weighted by Crippen LogP contribution is 2.28. The van der Waals surface area contributed by atoms with Crippen LogP contribution in [-0.4, -0.2) is 24.0 Å². The Balaban J connectivity index is 2.11. The number of likely N-dealkylation sites (tertiary alicyclic amines) is 1. The van der Waals surface area contributed by atoms with E-state index in [1.165, 1.54) is 44.3 Å². The summed E-state index contributed by atoms with van der Waals surface area (Å²) >= 11 is 0. The largest absolute Gasteiger partial charge is 0.326 e. The molecule has 1 fully saturated rings. The van der Waals surface area contributed by atoms with Gasteiger partial charge < -0.3 is 5.73 Å². The van der Waals surface area contributed by atoms with Gasteiger partial charge >= 0.3 is 0 Å². The molecule has 2 heteroatoms. The van der Waals surface area contributed by atoms with Gasteiger partial charge in [0.05, 0.1) is 0 Å². The average molecular weight is 260 g/mol. The van der Waals surface area contributed by atoms with Gasteiger partial charge in [-0.25, -0.2) is 0 Å². The molecule has 0 aliphatic carbocycles. The Morgan fingerprint density at radius 3 is 2.58 bits per heavy atom. The molecule has 0 radical (unpaired) electrons. The summed E-state index contributed by atoms with van der Waals surface area (Å²) in [6.45, 7) is 6.84. The second kappa shape index (κ2) is 7.06. The van der Waals surface area contributed by atoms with Crippen LogP contribution in [-0.2, 0) is 0 Å². The molecule has 0 spiro atoms. The molecule has 1 heterocycles. The number of rotatable bonds is 4. The third-order valence-corrected chi connectivity index (χ3v) is 4.49. The average Bonchev–Trinajstić information content (AvgIpc) is 2.65. The zero-order valence-electron chi connectivity index (χ0n) is 12.4. The van der Waals surface area contributed by atoms with Crippen LogP contribution in [0.1, 0.15) is 51.1 Å². The van der Waals surface area contributed by atoms with E-state index >= 15 is 0 Å². The van der Waals surface area contributed by atoms with Crippen LogP contribution in [0, 0.1) is 5.92 Å². The monoisotopic (exact) mass is 260 g/mol. The number of hydrogen-bond acceptors (Lipinski definition) is 2. The first-order chi connectivity index (χ1) is 9.22. The maximum absolute atomic E-state index is 6.28. The molecule has 2 nitrogen and oxygen atoms in total. The van der Waals surface area contributed by atoms with Gasteiger partial charge in [0.2, 0.25) is 0 Å². The van der Waals surface area contributed by atoms with E-state index < -0.39 is 0 Å². The van der Waals surface area contributed by atoms with Gasteiger partial charge in [-0.05, 0) is 50.8 Å². The molecule has 1 aromatic carbocycles. The van der Waals surface area contributed by atoms with Gasteiger partial charge in [-0.3, -0.25) is 4.90 Å². The molecule has 3 atom stereocenters. The number of hydrogen-bond donors (Lipinski definition) is 1. The van der Waals surface area contributed by atoms with Crippen molar-refractivity contribution in [3.8, 4) is 0 Å². The van der Waals surface area contributed by atoms with Crippen molar-refractivity contribution < 1.29 is 0 Å². The fourth-order valence-corrected chi connectivity index (χ4v) is 3.37. The van der Waals surface area contributed by atoms with Crippen LogP contribution in [0.4, 0.5) is 0 Å². The third-order valence-electron chi connectivity index (χ3n) is 4.49. The molecule has 0 saturated carbocycles. The molecule has 106 valence electrons. The molecule has 0 aromatic heterocycles. The van der Waals surface area contributed by atoms with E-state index in [9.17, 15) is 0 Å². The summed E-state index contributed by atoms with van der Waals surface area (Å²) in [6, 6.07) is 11.3. The number of nitrogens with zero attached hydrogens (tertiary/aromatic N) is 1. The maximum atomic E-state index is 6.28. The van der Waals surface area contributed by atoms with Crippen molar-refractivity contribution in [2.45, 2.75) is 51.6 Å². The van der Waals surface area contributed by atoms with Crippen LogP contribution >= 0.6 is 0 Å². The smallest absolute Gasteiger partial charge is 0.0496 e. The van der Waals surface area contributed by atoms with Gasteiger partial charge in [-0.15, -0.1) is 0 Å². The van der Waals surface area contributed by atoms with Crippen LogP contribution in [0.2, 0.25) is 0 Å². The first kappa shape index (κ1) is 14.5. The normalized spacial score (nSPS) is 24.7. The van der Waals surface area contributed by atoms with Gasteiger partial charge in [0, 0.05) is 12.1 Å². The third kappa shape index (κ3) is 3.80. The summed E-state index contributed by atoms with van der Waals surface area (Å²) < 4.78 is 0. The van der Waals surface area contributed by atoms with E-state index in [4.69, 9.17) is 5.73 Å². The van der Waals surface area contributed by atoms with E-state index in [2.05, 4.69) is 49.1 Å². The molecule has 1 aromatic rings. The first-order valence-electron chi connectivity index (χ1n) is 7.77. The second-order valence-electron chi connectivity index (χ2n) is 5.96. The Morgan fingerprint density at radius 2 is 1.95 bits per heavy atom. The molecule has 1 aliphatic rings. The lowest BCUT2D eigenvalue weighted by molar-refractivity contribution is 0.181. The summed E-state index contributed by atoms with van der Waals surface area (Å²) in [7, 11) is 0. The fourth-order valence-electron chi connectivity index (χ4n) is 3.37. The molecular formula is C17H28N2. The molecule has 2 rings (SSSR count). The quantitative estimate of drug-likeness (QED) is 0.896. The molecule has 2 N–H and O–H groups in total. The van der Waals surface area contributed by atoms with Crippen molar-refractivity contribution in [3.05, 3.63) is 35.9 Å². The zero-order chi connectivity index (χ0) is 13.7. The Bertz CT molecular complexity index is 361. The van der Waals surface area contributed by atoms with Crippen molar-refractivity contribution >= 4 is 0 Å². The predicted octanol–water partition coefficient (Wildman–Crippen LogP) is 3.59. The molecule has 1 saturated heterocycles. The van der Waals surface area contributed by atoms with Crippen molar-refractivity contribution in [1.82, 2.24) is 4.90 Å². The van der Waals surface area contributed by atoms with Crippen LogP contribution in [0.25, 0.3) is 0 Å². The molecule has 0 amide bonds. The van der Waals surface area contributed by atoms with E-state index in [1.54, 1.807) is 0 Å². The van der Waals surface area contributed by atoms with Gasteiger partial charge in [0.25, 0.3) is 0 Å². The lowest BCUT2D eigenvalue weighted by atomic mass is 9.97. The standard InChI is InChI=1S/C17H28N2/c1-3-15-8-7-12-19(13-11-15)17(14(2)18)16-9-5-4-6-10-16/h4-6,9-10,14-15,17H,3,7-8,11-13,18H2,1-2H3. The molecule has 1 aliphatic heterocycles.